The van der Waals surface area contributed by atoms with E-state index in [0.717, 1.165) is 0 Å². The Bertz CT molecular complexity index is 880. The van der Waals surface area contributed by atoms with Gasteiger partial charge in [0.2, 0.25) is 0 Å². The van der Waals surface area contributed by atoms with Gasteiger partial charge in [-0.3, -0.25) is 9.59 Å². The van der Waals surface area contributed by atoms with Crippen molar-refractivity contribution in [1.82, 2.24) is 9.80 Å². The number of benzene rings is 2. The van der Waals surface area contributed by atoms with Crippen molar-refractivity contribution in [2.45, 2.75) is 26.2 Å². The highest BCUT2D eigenvalue weighted by Crippen LogP contribution is 2.24. The van der Waals surface area contributed by atoms with Gasteiger partial charge in [0.1, 0.15) is 0 Å². The summed E-state index contributed by atoms with van der Waals surface area (Å²) in [6, 6.07) is 12.7. The number of hydrogen-bond donors (Lipinski definition) is 0. The van der Waals surface area contributed by atoms with E-state index in [1.54, 1.807) is 28.0 Å². The summed E-state index contributed by atoms with van der Waals surface area (Å²) in [5, 5.41) is 0.783. The minimum Gasteiger partial charge on any atom is -0.335 e. The van der Waals surface area contributed by atoms with Gasteiger partial charge in [-0.1, -0.05) is 56.1 Å². The van der Waals surface area contributed by atoms with Crippen molar-refractivity contribution in [3.63, 3.8) is 0 Å². The molecule has 0 aliphatic carbocycles. The van der Waals surface area contributed by atoms with E-state index in [1.807, 2.05) is 24.3 Å². The highest BCUT2D eigenvalue weighted by atomic mass is 35.5. The van der Waals surface area contributed by atoms with Crippen LogP contribution >= 0.6 is 23.2 Å². The van der Waals surface area contributed by atoms with Crippen molar-refractivity contribution in [2.75, 3.05) is 26.2 Å². The minimum atomic E-state index is -0.0970. The second-order valence-corrected chi connectivity index (χ2v) is 8.86. The van der Waals surface area contributed by atoms with Crippen LogP contribution in [0.5, 0.6) is 0 Å². The fourth-order valence-corrected chi connectivity index (χ4v) is 3.52. The van der Waals surface area contributed by atoms with Crippen LogP contribution in [-0.2, 0) is 5.41 Å². The zero-order valence-corrected chi connectivity index (χ0v) is 17.8. The van der Waals surface area contributed by atoms with Crippen molar-refractivity contribution in [3.8, 4) is 0 Å². The Morgan fingerprint density at radius 1 is 0.750 bits per heavy atom. The van der Waals surface area contributed by atoms with Gasteiger partial charge in [-0.25, -0.2) is 0 Å². The summed E-state index contributed by atoms with van der Waals surface area (Å²) in [5.41, 5.74) is 2.43. The Balaban J connectivity index is 1.62. The van der Waals surface area contributed by atoms with E-state index in [0.29, 0.717) is 47.4 Å². The maximum absolute atomic E-state index is 12.8. The number of carbonyl (C=O) groups excluding carboxylic acids is 2. The lowest BCUT2D eigenvalue weighted by atomic mass is 9.86. The predicted octanol–water partition coefficient (Wildman–Crippen LogP) is 4.89. The Hall–Kier alpha value is -2.04. The summed E-state index contributed by atoms with van der Waals surface area (Å²) in [6.07, 6.45) is 0. The summed E-state index contributed by atoms with van der Waals surface area (Å²) < 4.78 is 0. The van der Waals surface area contributed by atoms with Gasteiger partial charge in [0.05, 0.1) is 10.0 Å². The summed E-state index contributed by atoms with van der Waals surface area (Å²) >= 11 is 11.9. The molecule has 0 saturated carbocycles. The van der Waals surface area contributed by atoms with Crippen LogP contribution in [0, 0.1) is 0 Å². The summed E-state index contributed by atoms with van der Waals surface area (Å²) in [6.45, 7) is 8.44. The van der Waals surface area contributed by atoms with E-state index in [4.69, 9.17) is 23.2 Å². The minimum absolute atomic E-state index is 0.00194. The van der Waals surface area contributed by atoms with Gasteiger partial charge in [-0.05, 0) is 41.3 Å². The molecule has 2 amide bonds. The van der Waals surface area contributed by atoms with Gasteiger partial charge < -0.3 is 9.80 Å². The third-order valence-corrected chi connectivity index (χ3v) is 5.76. The molecule has 2 aromatic carbocycles. The normalized spacial score (nSPS) is 14.9. The van der Waals surface area contributed by atoms with E-state index in [2.05, 4.69) is 20.8 Å². The lowest BCUT2D eigenvalue weighted by Gasteiger charge is -2.35. The Kier molecular flexibility index (Phi) is 6.01. The maximum atomic E-state index is 12.8. The second kappa shape index (κ2) is 8.14. The van der Waals surface area contributed by atoms with Crippen LogP contribution in [0.25, 0.3) is 0 Å². The molecule has 1 aliphatic rings. The molecule has 1 saturated heterocycles. The third kappa shape index (κ3) is 4.50. The molecule has 0 unspecified atom stereocenters. The fraction of sp³-hybridized carbons (Fsp3) is 0.364. The molecule has 2 aromatic rings. The highest BCUT2D eigenvalue weighted by Gasteiger charge is 2.26. The van der Waals surface area contributed by atoms with Crippen molar-refractivity contribution >= 4 is 35.0 Å². The van der Waals surface area contributed by atoms with E-state index in [9.17, 15) is 9.59 Å². The number of piperazine rings is 1. The molecular formula is C22H24Cl2N2O2. The first-order valence-electron chi connectivity index (χ1n) is 9.31. The Morgan fingerprint density at radius 3 is 1.68 bits per heavy atom. The maximum Gasteiger partial charge on any atom is 0.254 e. The number of amides is 2. The van der Waals surface area contributed by atoms with Crippen LogP contribution in [0.3, 0.4) is 0 Å². The summed E-state index contributed by atoms with van der Waals surface area (Å²) in [4.78, 5) is 29.0. The summed E-state index contributed by atoms with van der Waals surface area (Å²) in [7, 11) is 0. The van der Waals surface area contributed by atoms with E-state index < -0.39 is 0 Å². The Labute approximate surface area is 176 Å². The number of rotatable bonds is 2. The molecule has 0 aromatic heterocycles. The lowest BCUT2D eigenvalue weighted by Crippen LogP contribution is -2.50. The fourth-order valence-electron chi connectivity index (χ4n) is 3.22. The molecule has 1 fully saturated rings. The molecule has 28 heavy (non-hydrogen) atoms. The van der Waals surface area contributed by atoms with Gasteiger partial charge in [-0.2, -0.15) is 0 Å². The molecular weight excluding hydrogens is 395 g/mol. The van der Waals surface area contributed by atoms with Crippen LogP contribution in [-0.4, -0.2) is 47.8 Å². The number of hydrogen-bond acceptors (Lipinski definition) is 2. The number of halogens is 2. The monoisotopic (exact) mass is 418 g/mol. The number of carbonyl (C=O) groups is 2. The molecule has 0 bridgehead atoms. The Morgan fingerprint density at radius 2 is 1.21 bits per heavy atom. The molecule has 3 rings (SSSR count). The molecule has 0 radical (unpaired) electrons. The lowest BCUT2D eigenvalue weighted by molar-refractivity contribution is 0.0535. The topological polar surface area (TPSA) is 40.6 Å². The first kappa shape index (κ1) is 20.7. The van der Waals surface area contributed by atoms with Gasteiger partial charge >= 0.3 is 0 Å². The van der Waals surface area contributed by atoms with Gasteiger partial charge in [0.25, 0.3) is 11.8 Å². The van der Waals surface area contributed by atoms with Crippen LogP contribution in [0.1, 0.15) is 47.1 Å². The average Bonchev–Trinajstić information content (AvgIpc) is 2.68. The molecule has 1 aliphatic heterocycles. The standard InChI is InChI=1S/C22H24Cl2N2O2/c1-22(2,3)17-7-4-15(5-8-17)20(27)25-10-12-26(13-11-25)21(28)16-6-9-18(23)19(24)14-16/h4-9,14H,10-13H2,1-3H3. The second-order valence-electron chi connectivity index (χ2n) is 8.04. The molecule has 0 atom stereocenters. The highest BCUT2D eigenvalue weighted by molar-refractivity contribution is 6.42. The molecule has 0 N–H and O–H groups in total. The smallest absolute Gasteiger partial charge is 0.254 e. The van der Waals surface area contributed by atoms with Crippen LogP contribution < -0.4 is 0 Å². The van der Waals surface area contributed by atoms with Crippen LogP contribution in [0.4, 0.5) is 0 Å². The van der Waals surface area contributed by atoms with E-state index in [-0.39, 0.29) is 17.2 Å². The van der Waals surface area contributed by atoms with Gasteiger partial charge in [0, 0.05) is 37.3 Å². The summed E-state index contributed by atoms with van der Waals surface area (Å²) in [5.74, 6) is -0.0951. The zero-order valence-electron chi connectivity index (χ0n) is 16.3. The van der Waals surface area contributed by atoms with Crippen molar-refractivity contribution in [3.05, 3.63) is 69.2 Å². The molecule has 1 heterocycles. The van der Waals surface area contributed by atoms with Gasteiger partial charge in [0.15, 0.2) is 0 Å². The first-order chi connectivity index (χ1) is 13.2. The van der Waals surface area contributed by atoms with Crippen LogP contribution in [0.15, 0.2) is 42.5 Å². The van der Waals surface area contributed by atoms with Crippen molar-refractivity contribution in [2.24, 2.45) is 0 Å². The SMILES string of the molecule is CC(C)(C)c1ccc(C(=O)N2CCN(C(=O)c3ccc(Cl)c(Cl)c3)CC2)cc1. The molecule has 148 valence electrons. The quantitative estimate of drug-likeness (QED) is 0.696. The zero-order chi connectivity index (χ0) is 20.5. The van der Waals surface area contributed by atoms with Crippen LogP contribution in [0.2, 0.25) is 10.0 Å². The number of nitrogens with zero attached hydrogens (tertiary/aromatic N) is 2. The third-order valence-electron chi connectivity index (χ3n) is 5.02. The molecule has 0 spiro atoms. The van der Waals surface area contributed by atoms with Gasteiger partial charge in [-0.15, -0.1) is 0 Å². The van der Waals surface area contributed by atoms with E-state index >= 15 is 0 Å². The molecule has 4 nitrogen and oxygen atoms in total. The predicted molar refractivity (Wildman–Crippen MR) is 113 cm³/mol. The average molecular weight is 419 g/mol. The van der Waals surface area contributed by atoms with E-state index in [1.165, 1.54) is 5.56 Å². The largest absolute Gasteiger partial charge is 0.335 e. The van der Waals surface area contributed by atoms with Crippen molar-refractivity contribution in [1.29, 1.82) is 0 Å². The first-order valence-corrected chi connectivity index (χ1v) is 10.1. The molecule has 6 heteroatoms. The van der Waals surface area contributed by atoms with Crippen molar-refractivity contribution < 1.29 is 9.59 Å².